The SMILES string of the molecule is OCC#Cc1ccc(COc2c(F)cccc2F)c(F)c1. The van der Waals surface area contributed by atoms with E-state index in [4.69, 9.17) is 9.84 Å². The Morgan fingerprint density at radius 2 is 1.71 bits per heavy atom. The fourth-order valence-corrected chi connectivity index (χ4v) is 1.65. The third-order valence-corrected chi connectivity index (χ3v) is 2.66. The van der Waals surface area contributed by atoms with Crippen molar-refractivity contribution in [3.63, 3.8) is 0 Å². The largest absolute Gasteiger partial charge is 0.483 e. The Balaban J connectivity index is 2.14. The van der Waals surface area contributed by atoms with E-state index in [1.165, 1.54) is 24.3 Å². The fourth-order valence-electron chi connectivity index (χ4n) is 1.65. The molecular formula is C16H11F3O2. The normalized spacial score (nSPS) is 9.90. The summed E-state index contributed by atoms with van der Waals surface area (Å²) in [6.45, 7) is -0.629. The van der Waals surface area contributed by atoms with Gasteiger partial charge in [0, 0.05) is 11.1 Å². The van der Waals surface area contributed by atoms with Gasteiger partial charge in [0.25, 0.3) is 0 Å². The second-order valence-corrected chi connectivity index (χ2v) is 4.11. The van der Waals surface area contributed by atoms with Crippen molar-refractivity contribution >= 4 is 0 Å². The average molecular weight is 292 g/mol. The van der Waals surface area contributed by atoms with E-state index in [1.54, 1.807) is 0 Å². The fraction of sp³-hybridized carbons (Fsp3) is 0.125. The van der Waals surface area contributed by atoms with Crippen LogP contribution < -0.4 is 4.74 Å². The maximum Gasteiger partial charge on any atom is 0.191 e. The van der Waals surface area contributed by atoms with Gasteiger partial charge in [0.1, 0.15) is 19.0 Å². The molecule has 0 aliphatic rings. The van der Waals surface area contributed by atoms with E-state index in [-0.39, 0.29) is 18.8 Å². The van der Waals surface area contributed by atoms with E-state index in [0.717, 1.165) is 12.1 Å². The molecule has 0 aromatic heterocycles. The molecule has 0 spiro atoms. The van der Waals surface area contributed by atoms with Crippen LogP contribution in [-0.2, 0) is 6.61 Å². The third-order valence-electron chi connectivity index (χ3n) is 2.66. The standard InChI is InChI=1S/C16H11F3O2/c17-13-4-1-5-14(18)16(13)21-10-12-7-6-11(3-2-8-20)9-15(12)19/h1,4-7,9,20H,8,10H2. The number of hydrogen-bond acceptors (Lipinski definition) is 2. The predicted molar refractivity (Wildman–Crippen MR) is 71.1 cm³/mol. The van der Waals surface area contributed by atoms with Gasteiger partial charge in [-0.3, -0.25) is 0 Å². The first kappa shape index (κ1) is 14.9. The van der Waals surface area contributed by atoms with E-state index in [0.29, 0.717) is 5.56 Å². The number of rotatable bonds is 3. The minimum absolute atomic E-state index is 0.146. The molecule has 0 aliphatic carbocycles. The van der Waals surface area contributed by atoms with Crippen molar-refractivity contribution in [2.45, 2.75) is 6.61 Å². The molecule has 0 radical (unpaired) electrons. The number of benzene rings is 2. The number of aliphatic hydroxyl groups is 1. The Kier molecular flexibility index (Phi) is 4.85. The van der Waals surface area contributed by atoms with Crippen LogP contribution in [0.1, 0.15) is 11.1 Å². The van der Waals surface area contributed by atoms with Crippen molar-refractivity contribution in [1.82, 2.24) is 0 Å². The lowest BCUT2D eigenvalue weighted by molar-refractivity contribution is 0.269. The average Bonchev–Trinajstić information content (AvgIpc) is 2.46. The molecule has 2 rings (SSSR count). The lowest BCUT2D eigenvalue weighted by Crippen LogP contribution is -2.02. The molecule has 0 unspecified atom stereocenters. The van der Waals surface area contributed by atoms with E-state index in [9.17, 15) is 13.2 Å². The van der Waals surface area contributed by atoms with Crippen LogP contribution in [0.3, 0.4) is 0 Å². The minimum atomic E-state index is -0.846. The highest BCUT2D eigenvalue weighted by Gasteiger charge is 2.11. The molecule has 0 amide bonds. The van der Waals surface area contributed by atoms with Gasteiger partial charge in [0.15, 0.2) is 17.4 Å². The second kappa shape index (κ2) is 6.82. The maximum atomic E-state index is 13.8. The molecular weight excluding hydrogens is 281 g/mol. The number of ether oxygens (including phenoxy) is 1. The summed E-state index contributed by atoms with van der Waals surface area (Å²) in [5.74, 6) is 2.11. The summed E-state index contributed by atoms with van der Waals surface area (Å²) >= 11 is 0. The van der Waals surface area contributed by atoms with Gasteiger partial charge >= 0.3 is 0 Å². The topological polar surface area (TPSA) is 29.5 Å². The first-order valence-corrected chi connectivity index (χ1v) is 6.07. The van der Waals surface area contributed by atoms with Gasteiger partial charge in [-0.2, -0.15) is 0 Å². The van der Waals surface area contributed by atoms with Gasteiger partial charge in [-0.05, 0) is 24.3 Å². The summed E-state index contributed by atoms with van der Waals surface area (Å²) in [6, 6.07) is 7.44. The molecule has 0 bridgehead atoms. The monoisotopic (exact) mass is 292 g/mol. The van der Waals surface area contributed by atoms with E-state index in [2.05, 4.69) is 11.8 Å². The van der Waals surface area contributed by atoms with Crippen molar-refractivity contribution in [1.29, 1.82) is 0 Å². The molecule has 0 saturated carbocycles. The van der Waals surface area contributed by atoms with Crippen molar-refractivity contribution in [3.8, 4) is 17.6 Å². The Labute approximate surface area is 119 Å². The van der Waals surface area contributed by atoms with Gasteiger partial charge in [0.05, 0.1) is 0 Å². The molecule has 0 atom stereocenters. The predicted octanol–water partition coefficient (Wildman–Crippen LogP) is 3.03. The van der Waals surface area contributed by atoms with Gasteiger partial charge in [0.2, 0.25) is 0 Å². The lowest BCUT2D eigenvalue weighted by atomic mass is 10.1. The third kappa shape index (κ3) is 3.77. The summed E-state index contributed by atoms with van der Waals surface area (Å²) in [6.07, 6.45) is 0. The molecule has 2 nitrogen and oxygen atoms in total. The number of halogens is 3. The van der Waals surface area contributed by atoms with Crippen LogP contribution in [0.2, 0.25) is 0 Å². The number of aliphatic hydroxyl groups excluding tert-OH is 1. The quantitative estimate of drug-likeness (QED) is 0.881. The first-order valence-electron chi connectivity index (χ1n) is 6.07. The Morgan fingerprint density at radius 1 is 1.00 bits per heavy atom. The molecule has 1 N–H and O–H groups in total. The van der Waals surface area contributed by atoms with Crippen LogP contribution in [0.25, 0.3) is 0 Å². The molecule has 108 valence electrons. The molecule has 0 fully saturated rings. The molecule has 2 aromatic carbocycles. The second-order valence-electron chi connectivity index (χ2n) is 4.11. The summed E-state index contributed by atoms with van der Waals surface area (Å²) in [5, 5.41) is 8.56. The van der Waals surface area contributed by atoms with Gasteiger partial charge in [-0.1, -0.05) is 24.0 Å². The molecule has 0 aliphatic heterocycles. The number of para-hydroxylation sites is 1. The van der Waals surface area contributed by atoms with Crippen LogP contribution in [0.5, 0.6) is 5.75 Å². The Morgan fingerprint density at radius 3 is 2.33 bits per heavy atom. The van der Waals surface area contributed by atoms with Crippen LogP contribution >= 0.6 is 0 Å². The zero-order valence-electron chi connectivity index (χ0n) is 10.9. The van der Waals surface area contributed by atoms with Gasteiger partial charge in [-0.25, -0.2) is 13.2 Å². The summed E-state index contributed by atoms with van der Waals surface area (Å²) in [5.41, 5.74) is 0.537. The van der Waals surface area contributed by atoms with E-state index < -0.39 is 23.2 Å². The van der Waals surface area contributed by atoms with Crippen molar-refractivity contribution in [2.75, 3.05) is 6.61 Å². The Bertz CT molecular complexity index is 682. The zero-order chi connectivity index (χ0) is 15.2. The van der Waals surface area contributed by atoms with Gasteiger partial charge in [-0.15, -0.1) is 0 Å². The first-order chi connectivity index (χ1) is 10.1. The van der Waals surface area contributed by atoms with Crippen LogP contribution in [0, 0.1) is 29.3 Å². The van der Waals surface area contributed by atoms with Crippen LogP contribution in [0.15, 0.2) is 36.4 Å². The van der Waals surface area contributed by atoms with E-state index >= 15 is 0 Å². The molecule has 0 saturated heterocycles. The van der Waals surface area contributed by atoms with Crippen molar-refractivity contribution in [2.24, 2.45) is 0 Å². The number of hydrogen-bond donors (Lipinski definition) is 1. The highest BCUT2D eigenvalue weighted by atomic mass is 19.1. The minimum Gasteiger partial charge on any atom is -0.483 e. The van der Waals surface area contributed by atoms with Crippen molar-refractivity contribution in [3.05, 3.63) is 65.0 Å². The molecule has 2 aromatic rings. The van der Waals surface area contributed by atoms with E-state index in [1.807, 2.05) is 0 Å². The lowest BCUT2D eigenvalue weighted by Gasteiger charge is -2.09. The van der Waals surface area contributed by atoms with Gasteiger partial charge < -0.3 is 9.84 Å². The van der Waals surface area contributed by atoms with Crippen molar-refractivity contribution < 1.29 is 23.0 Å². The smallest absolute Gasteiger partial charge is 0.191 e. The highest BCUT2D eigenvalue weighted by molar-refractivity contribution is 5.37. The molecule has 5 heteroatoms. The molecule has 21 heavy (non-hydrogen) atoms. The molecule has 0 heterocycles. The summed E-state index contributed by atoms with van der Waals surface area (Å²) in [4.78, 5) is 0. The Hall–Kier alpha value is -2.45. The summed E-state index contributed by atoms with van der Waals surface area (Å²) < 4.78 is 45.5. The van der Waals surface area contributed by atoms with Crippen LogP contribution in [0.4, 0.5) is 13.2 Å². The maximum absolute atomic E-state index is 13.8. The van der Waals surface area contributed by atoms with Crippen LogP contribution in [-0.4, -0.2) is 11.7 Å². The summed E-state index contributed by atoms with van der Waals surface area (Å²) in [7, 11) is 0. The highest BCUT2D eigenvalue weighted by Crippen LogP contribution is 2.22. The zero-order valence-corrected chi connectivity index (χ0v) is 10.9.